The van der Waals surface area contributed by atoms with Crippen LogP contribution >= 0.6 is 0 Å². The molecule has 9 nitrogen and oxygen atoms in total. The van der Waals surface area contributed by atoms with Crippen molar-refractivity contribution in [3.05, 3.63) is 65.2 Å². The lowest BCUT2D eigenvalue weighted by Crippen LogP contribution is -2.34. The van der Waals surface area contributed by atoms with Gasteiger partial charge in [-0.2, -0.15) is 0 Å². The molecule has 0 spiro atoms. The number of carbonyl (C=O) groups excluding carboxylic acids is 3. The number of urea groups is 1. The number of methoxy groups -OCH3 is 1. The van der Waals surface area contributed by atoms with Crippen molar-refractivity contribution in [2.75, 3.05) is 25.2 Å². The molecule has 1 aliphatic carbocycles. The molecular weight excluding hydrogens is 462 g/mol. The maximum atomic E-state index is 13.2. The zero-order valence-corrected chi connectivity index (χ0v) is 20.1. The maximum absolute atomic E-state index is 13.2. The SMILES string of the molecule is COc1ccc(N2C(=O)CN(C3CCc4cc(/C=C/C(=O)NOC5CCCCO5)ccc43)C2=O)cc1. The highest BCUT2D eigenvalue weighted by molar-refractivity contribution is 6.20. The predicted molar refractivity (Wildman–Crippen MR) is 132 cm³/mol. The van der Waals surface area contributed by atoms with E-state index in [1.54, 1.807) is 42.4 Å². The van der Waals surface area contributed by atoms with Crippen LogP contribution in [0.2, 0.25) is 0 Å². The topological polar surface area (TPSA) is 97.4 Å². The number of nitrogens with zero attached hydrogens (tertiary/aromatic N) is 2. The van der Waals surface area contributed by atoms with Gasteiger partial charge in [-0.3, -0.25) is 9.59 Å². The molecule has 2 atom stereocenters. The smallest absolute Gasteiger partial charge is 0.332 e. The molecule has 36 heavy (non-hydrogen) atoms. The van der Waals surface area contributed by atoms with Gasteiger partial charge >= 0.3 is 6.03 Å². The molecule has 9 heteroatoms. The lowest BCUT2D eigenvalue weighted by Gasteiger charge is -2.24. The van der Waals surface area contributed by atoms with Crippen LogP contribution in [0, 0.1) is 0 Å². The molecule has 5 rings (SSSR count). The number of aryl methyl sites for hydroxylation is 1. The van der Waals surface area contributed by atoms with Crippen molar-refractivity contribution in [2.24, 2.45) is 0 Å². The van der Waals surface area contributed by atoms with E-state index in [9.17, 15) is 14.4 Å². The Balaban J connectivity index is 1.22. The first-order valence-electron chi connectivity index (χ1n) is 12.2. The predicted octanol–water partition coefficient (Wildman–Crippen LogP) is 3.74. The standard InChI is InChI=1S/C27H29N3O6/c1-34-21-10-8-20(9-11-21)30-25(32)17-29(27(30)33)23-13-7-19-16-18(5-12-22(19)23)6-14-24(31)28-36-26-4-2-3-15-35-26/h5-6,8-12,14,16,23,26H,2-4,7,13,15,17H2,1H3,(H,28,31)/b14-6+. The van der Waals surface area contributed by atoms with Crippen molar-refractivity contribution in [3.8, 4) is 5.75 Å². The van der Waals surface area contributed by atoms with Crippen molar-refractivity contribution in [1.29, 1.82) is 0 Å². The van der Waals surface area contributed by atoms with Crippen molar-refractivity contribution >= 4 is 29.6 Å². The highest BCUT2D eigenvalue weighted by Crippen LogP contribution is 2.39. The van der Waals surface area contributed by atoms with Crippen LogP contribution in [0.5, 0.6) is 5.75 Å². The second-order valence-corrected chi connectivity index (χ2v) is 9.06. The number of anilines is 1. The average molecular weight is 492 g/mol. The van der Waals surface area contributed by atoms with Gasteiger partial charge in [0.15, 0.2) is 6.29 Å². The van der Waals surface area contributed by atoms with Gasteiger partial charge in [0.1, 0.15) is 12.3 Å². The number of imide groups is 1. The van der Waals surface area contributed by atoms with E-state index in [0.29, 0.717) is 18.0 Å². The third-order valence-electron chi connectivity index (χ3n) is 6.77. The van der Waals surface area contributed by atoms with Crippen molar-refractivity contribution < 1.29 is 28.7 Å². The van der Waals surface area contributed by atoms with E-state index < -0.39 is 6.29 Å². The molecule has 2 saturated heterocycles. The molecule has 2 aliphatic heterocycles. The van der Waals surface area contributed by atoms with Gasteiger partial charge in [0.05, 0.1) is 18.8 Å². The van der Waals surface area contributed by atoms with Gasteiger partial charge in [-0.15, -0.1) is 0 Å². The van der Waals surface area contributed by atoms with Gasteiger partial charge in [0, 0.05) is 19.1 Å². The lowest BCUT2D eigenvalue weighted by molar-refractivity contribution is -0.198. The average Bonchev–Trinajstić information content (AvgIpc) is 3.46. The molecule has 0 aromatic heterocycles. The second kappa shape index (κ2) is 10.5. The number of benzene rings is 2. The van der Waals surface area contributed by atoms with Crippen molar-refractivity contribution in [3.63, 3.8) is 0 Å². The van der Waals surface area contributed by atoms with Crippen LogP contribution in [-0.4, -0.2) is 49.3 Å². The first kappa shape index (κ1) is 24.0. The number of rotatable bonds is 7. The Morgan fingerprint density at radius 3 is 2.69 bits per heavy atom. The fraction of sp³-hybridized carbons (Fsp3) is 0.370. The summed E-state index contributed by atoms with van der Waals surface area (Å²) < 4.78 is 10.6. The summed E-state index contributed by atoms with van der Waals surface area (Å²) in [6.07, 6.45) is 7.08. The molecule has 1 N–H and O–H groups in total. The monoisotopic (exact) mass is 491 g/mol. The molecule has 3 aliphatic rings. The zero-order chi connectivity index (χ0) is 25.1. The van der Waals surface area contributed by atoms with Crippen LogP contribution in [0.3, 0.4) is 0 Å². The van der Waals surface area contributed by atoms with Gasteiger partial charge in [-0.1, -0.05) is 18.2 Å². The first-order valence-corrected chi connectivity index (χ1v) is 12.2. The lowest BCUT2D eigenvalue weighted by atomic mass is 10.0. The van der Waals surface area contributed by atoms with Gasteiger partial charge in [-0.25, -0.2) is 20.0 Å². The Labute approximate surface area is 209 Å². The molecule has 2 fully saturated rings. The summed E-state index contributed by atoms with van der Waals surface area (Å²) in [5.74, 6) is 0.0555. The Morgan fingerprint density at radius 1 is 1.11 bits per heavy atom. The van der Waals surface area contributed by atoms with Crippen molar-refractivity contribution in [1.82, 2.24) is 10.4 Å². The minimum Gasteiger partial charge on any atom is -0.497 e. The molecule has 0 radical (unpaired) electrons. The quantitative estimate of drug-likeness (QED) is 0.360. The Bertz CT molecular complexity index is 1170. The molecule has 0 saturated carbocycles. The third kappa shape index (κ3) is 4.98. The Morgan fingerprint density at radius 2 is 1.94 bits per heavy atom. The molecule has 2 heterocycles. The fourth-order valence-corrected chi connectivity index (χ4v) is 4.92. The maximum Gasteiger partial charge on any atom is 0.332 e. The molecule has 188 valence electrons. The number of ether oxygens (including phenoxy) is 2. The number of nitrogens with one attached hydrogen (secondary N) is 1. The summed E-state index contributed by atoms with van der Waals surface area (Å²) in [6, 6.07) is 12.3. The summed E-state index contributed by atoms with van der Waals surface area (Å²) in [6.45, 7) is 0.685. The molecule has 2 aromatic rings. The highest BCUT2D eigenvalue weighted by atomic mass is 16.8. The van der Waals surface area contributed by atoms with Crippen LogP contribution in [0.4, 0.5) is 10.5 Å². The van der Waals surface area contributed by atoms with Crippen LogP contribution in [0.15, 0.2) is 48.5 Å². The van der Waals surface area contributed by atoms with Gasteiger partial charge in [0.2, 0.25) is 0 Å². The van der Waals surface area contributed by atoms with Crippen LogP contribution < -0.4 is 15.1 Å². The molecule has 0 bridgehead atoms. The minimum atomic E-state index is -0.395. The number of carbonyl (C=O) groups is 3. The van der Waals surface area contributed by atoms with E-state index in [1.165, 1.54) is 11.0 Å². The number of amides is 4. The zero-order valence-electron chi connectivity index (χ0n) is 20.1. The molecule has 4 amide bonds. The van der Waals surface area contributed by atoms with E-state index >= 15 is 0 Å². The van der Waals surface area contributed by atoms with E-state index in [2.05, 4.69) is 5.48 Å². The van der Waals surface area contributed by atoms with Crippen molar-refractivity contribution in [2.45, 2.75) is 44.4 Å². The summed E-state index contributed by atoms with van der Waals surface area (Å²) in [7, 11) is 1.57. The molecule has 2 unspecified atom stereocenters. The van der Waals surface area contributed by atoms with Gasteiger partial charge in [0.25, 0.3) is 11.8 Å². The summed E-state index contributed by atoms with van der Waals surface area (Å²) >= 11 is 0. The van der Waals surface area contributed by atoms with Crippen LogP contribution in [-0.2, 0) is 25.6 Å². The Kier molecular flexibility index (Phi) is 7.02. The number of hydrogen-bond donors (Lipinski definition) is 1. The normalized spacial score (nSPS) is 21.8. The van der Waals surface area contributed by atoms with E-state index in [1.807, 2.05) is 18.2 Å². The number of hydroxylamine groups is 1. The molecular formula is C27H29N3O6. The van der Waals surface area contributed by atoms with Gasteiger partial charge in [-0.05, 0) is 72.7 Å². The highest BCUT2D eigenvalue weighted by Gasteiger charge is 2.43. The summed E-state index contributed by atoms with van der Waals surface area (Å²) in [4.78, 5) is 46.2. The van der Waals surface area contributed by atoms with Crippen LogP contribution in [0.1, 0.15) is 48.4 Å². The van der Waals surface area contributed by atoms with Gasteiger partial charge < -0.3 is 14.4 Å². The first-order chi connectivity index (χ1) is 17.5. The Hall–Kier alpha value is -3.69. The van der Waals surface area contributed by atoms with E-state index in [4.69, 9.17) is 14.3 Å². The summed E-state index contributed by atoms with van der Waals surface area (Å²) in [5.41, 5.74) is 5.97. The number of hydrogen-bond acceptors (Lipinski definition) is 6. The van der Waals surface area contributed by atoms with E-state index in [-0.39, 0.29) is 30.4 Å². The molecule has 2 aromatic carbocycles. The van der Waals surface area contributed by atoms with E-state index in [0.717, 1.165) is 48.8 Å². The summed E-state index contributed by atoms with van der Waals surface area (Å²) in [5, 5.41) is 0. The number of fused-ring (bicyclic) bond motifs is 1. The second-order valence-electron chi connectivity index (χ2n) is 9.06. The van der Waals surface area contributed by atoms with Crippen LogP contribution in [0.25, 0.3) is 6.08 Å². The fourth-order valence-electron chi connectivity index (χ4n) is 4.92. The third-order valence-corrected chi connectivity index (χ3v) is 6.77. The largest absolute Gasteiger partial charge is 0.497 e. The minimum absolute atomic E-state index is 0.0432.